The first kappa shape index (κ1) is 7.86. The molecule has 1 aliphatic rings. The van der Waals surface area contributed by atoms with Crippen molar-refractivity contribution >= 4 is 10.7 Å². The first-order valence-corrected chi connectivity index (χ1v) is 5.28. The molecule has 1 fully saturated rings. The molecule has 0 aromatic carbocycles. The fraction of sp³-hybridized carbons (Fsp3) is 0.500. The first-order valence-electron chi connectivity index (χ1n) is 4.10. The lowest BCUT2D eigenvalue weighted by Gasteiger charge is -2.23. The molecular weight excluding hydrogens is 174 g/mol. The second-order valence-electron chi connectivity index (χ2n) is 3.20. The molecule has 1 saturated carbocycles. The van der Waals surface area contributed by atoms with Crippen LogP contribution in [0, 0.1) is 0 Å². The Balaban J connectivity index is 2.23. The number of rotatable bonds is 2. The second-order valence-corrected chi connectivity index (χ2v) is 4.23. The van der Waals surface area contributed by atoms with Crippen LogP contribution in [0.15, 0.2) is 17.2 Å². The molecule has 0 saturated heterocycles. The predicted octanol–water partition coefficient (Wildman–Crippen LogP) is 1.25. The third kappa shape index (κ3) is 1.27. The fourth-order valence-electron chi connectivity index (χ4n) is 1.46. The van der Waals surface area contributed by atoms with E-state index in [0.717, 1.165) is 5.69 Å². The van der Waals surface area contributed by atoms with Crippen molar-refractivity contribution < 1.29 is 8.42 Å². The summed E-state index contributed by atoms with van der Waals surface area (Å²) in [4.78, 5) is 3.41. The van der Waals surface area contributed by atoms with Gasteiger partial charge in [-0.15, -0.1) is 0 Å². The van der Waals surface area contributed by atoms with E-state index in [0.29, 0.717) is 10.8 Å². The quantitative estimate of drug-likeness (QED) is 0.681. The van der Waals surface area contributed by atoms with Crippen LogP contribution in [0.25, 0.3) is 0 Å². The minimum Gasteiger partial charge on any atom is -0.364 e. The van der Waals surface area contributed by atoms with Gasteiger partial charge in [0.25, 0.3) is 0 Å². The van der Waals surface area contributed by atoms with Gasteiger partial charge in [-0.05, 0) is 24.8 Å². The predicted molar refractivity (Wildman–Crippen MR) is 46.0 cm³/mol. The summed E-state index contributed by atoms with van der Waals surface area (Å²) in [6.07, 6.45) is 5.22. The Morgan fingerprint density at radius 1 is 1.42 bits per heavy atom. The molecule has 3 nitrogen and oxygen atoms in total. The smallest absolute Gasteiger partial charge is 0.169 e. The van der Waals surface area contributed by atoms with Crippen molar-refractivity contribution in [3.8, 4) is 0 Å². The molecule has 1 aliphatic carbocycles. The Morgan fingerprint density at radius 3 is 2.58 bits per heavy atom. The van der Waals surface area contributed by atoms with Crippen molar-refractivity contribution in [2.75, 3.05) is 0 Å². The summed E-state index contributed by atoms with van der Waals surface area (Å²) in [7, 11) is -2.41. The van der Waals surface area contributed by atoms with Gasteiger partial charge >= 0.3 is 0 Å². The van der Waals surface area contributed by atoms with Gasteiger partial charge in [0.1, 0.15) is 0 Å². The molecule has 1 aromatic heterocycles. The van der Waals surface area contributed by atoms with E-state index in [1.54, 1.807) is 12.3 Å². The Labute approximate surface area is 72.8 Å². The average Bonchev–Trinajstić information content (AvgIpc) is 2.32. The van der Waals surface area contributed by atoms with Crippen LogP contribution in [-0.4, -0.2) is 13.4 Å². The van der Waals surface area contributed by atoms with Crippen LogP contribution >= 0.6 is 0 Å². The lowest BCUT2D eigenvalue weighted by Crippen LogP contribution is -2.08. The highest BCUT2D eigenvalue weighted by Gasteiger charge is 2.20. The van der Waals surface area contributed by atoms with E-state index in [2.05, 4.69) is 4.98 Å². The summed E-state index contributed by atoms with van der Waals surface area (Å²) in [5.41, 5.74) is 1.08. The Kier molecular flexibility index (Phi) is 1.92. The van der Waals surface area contributed by atoms with Crippen LogP contribution in [0.2, 0.25) is 0 Å². The maximum absolute atomic E-state index is 10.6. The van der Waals surface area contributed by atoms with E-state index in [1.807, 2.05) is 0 Å². The fourth-order valence-corrected chi connectivity index (χ4v) is 1.87. The van der Waals surface area contributed by atoms with Crippen LogP contribution in [0.5, 0.6) is 0 Å². The van der Waals surface area contributed by atoms with Gasteiger partial charge < -0.3 is 4.98 Å². The van der Waals surface area contributed by atoms with Crippen LogP contribution in [0.1, 0.15) is 30.9 Å². The van der Waals surface area contributed by atoms with Crippen molar-refractivity contribution in [1.82, 2.24) is 4.98 Å². The van der Waals surface area contributed by atoms with Gasteiger partial charge in [0.15, 0.2) is 10.7 Å². The van der Waals surface area contributed by atoms with E-state index in [1.165, 1.54) is 19.3 Å². The standard InChI is InChI=1S/C8H11NO2S/c10-12(11)7-4-8(9-5-7)6-2-1-3-6/h4-6,9,12H,1-3H2. The van der Waals surface area contributed by atoms with Crippen LogP contribution in [0.3, 0.4) is 0 Å². The molecule has 4 heteroatoms. The molecular formula is C8H11NO2S. The maximum Gasteiger partial charge on any atom is 0.169 e. The highest BCUT2D eigenvalue weighted by molar-refractivity contribution is 7.72. The van der Waals surface area contributed by atoms with Crippen LogP contribution in [0.4, 0.5) is 0 Å². The molecule has 0 spiro atoms. The SMILES string of the molecule is O=[SH](=O)c1c[nH]c(C2CCC2)c1. The Morgan fingerprint density at radius 2 is 2.17 bits per heavy atom. The molecule has 66 valence electrons. The van der Waals surface area contributed by atoms with E-state index >= 15 is 0 Å². The summed E-state index contributed by atoms with van der Waals surface area (Å²) in [5, 5.41) is 0. The largest absolute Gasteiger partial charge is 0.364 e. The number of aromatic nitrogens is 1. The monoisotopic (exact) mass is 185 g/mol. The van der Waals surface area contributed by atoms with Crippen LogP contribution in [-0.2, 0) is 10.7 Å². The molecule has 1 heterocycles. The molecule has 0 unspecified atom stereocenters. The lowest BCUT2D eigenvalue weighted by atomic mass is 9.83. The normalized spacial score (nSPS) is 18.1. The number of thiol groups is 1. The van der Waals surface area contributed by atoms with Crippen molar-refractivity contribution in [2.24, 2.45) is 0 Å². The summed E-state index contributed by atoms with van der Waals surface area (Å²) in [6, 6.07) is 1.75. The third-order valence-electron chi connectivity index (χ3n) is 2.45. The van der Waals surface area contributed by atoms with Gasteiger partial charge in [0, 0.05) is 11.9 Å². The molecule has 12 heavy (non-hydrogen) atoms. The van der Waals surface area contributed by atoms with Crippen molar-refractivity contribution in [1.29, 1.82) is 0 Å². The zero-order valence-corrected chi connectivity index (χ0v) is 7.51. The van der Waals surface area contributed by atoms with Gasteiger partial charge in [-0.1, -0.05) is 6.42 Å². The minimum absolute atomic E-state index is 0.409. The third-order valence-corrected chi connectivity index (χ3v) is 3.13. The summed E-state index contributed by atoms with van der Waals surface area (Å²) >= 11 is 0. The number of aromatic amines is 1. The number of hydrogen-bond acceptors (Lipinski definition) is 2. The van der Waals surface area contributed by atoms with E-state index in [9.17, 15) is 8.42 Å². The summed E-state index contributed by atoms with van der Waals surface area (Å²) in [5.74, 6) is 0.577. The molecule has 0 bridgehead atoms. The van der Waals surface area contributed by atoms with Crippen molar-refractivity contribution in [2.45, 2.75) is 30.1 Å². The van der Waals surface area contributed by atoms with Gasteiger partial charge in [-0.2, -0.15) is 0 Å². The zero-order valence-electron chi connectivity index (χ0n) is 6.62. The van der Waals surface area contributed by atoms with Gasteiger partial charge in [0.2, 0.25) is 0 Å². The maximum atomic E-state index is 10.6. The highest BCUT2D eigenvalue weighted by Crippen LogP contribution is 2.35. The van der Waals surface area contributed by atoms with Gasteiger partial charge in [-0.3, -0.25) is 0 Å². The number of H-pyrrole nitrogens is 1. The Bertz CT molecular complexity index is 342. The second kappa shape index (κ2) is 2.94. The van der Waals surface area contributed by atoms with E-state index in [4.69, 9.17) is 0 Å². The highest BCUT2D eigenvalue weighted by atomic mass is 32.2. The van der Waals surface area contributed by atoms with Crippen molar-refractivity contribution in [3.63, 3.8) is 0 Å². The number of nitrogens with one attached hydrogen (secondary N) is 1. The average molecular weight is 185 g/mol. The van der Waals surface area contributed by atoms with E-state index < -0.39 is 10.7 Å². The molecule has 1 N–H and O–H groups in total. The van der Waals surface area contributed by atoms with Crippen molar-refractivity contribution in [3.05, 3.63) is 18.0 Å². The van der Waals surface area contributed by atoms with Gasteiger partial charge in [0.05, 0.1) is 4.90 Å². The summed E-state index contributed by atoms with van der Waals surface area (Å²) in [6.45, 7) is 0. The van der Waals surface area contributed by atoms with E-state index in [-0.39, 0.29) is 0 Å². The molecule has 0 atom stereocenters. The van der Waals surface area contributed by atoms with Gasteiger partial charge in [-0.25, -0.2) is 8.42 Å². The molecule has 0 radical (unpaired) electrons. The molecule has 0 aliphatic heterocycles. The minimum atomic E-state index is -2.41. The molecule has 2 rings (SSSR count). The van der Waals surface area contributed by atoms with Crippen LogP contribution < -0.4 is 0 Å². The number of hydrogen-bond donors (Lipinski definition) is 2. The first-order chi connectivity index (χ1) is 5.77. The topological polar surface area (TPSA) is 49.9 Å². The lowest BCUT2D eigenvalue weighted by molar-refractivity contribution is 0.412. The zero-order chi connectivity index (χ0) is 8.55. The summed E-state index contributed by atoms with van der Waals surface area (Å²) < 4.78 is 21.1. The Hall–Kier alpha value is -0.770. The molecule has 0 amide bonds. The molecule has 1 aromatic rings.